The van der Waals surface area contributed by atoms with Crippen LogP contribution < -0.4 is 5.84 Å². The number of carbonyl (C=O) groups excluding carboxylic acids is 1. The predicted molar refractivity (Wildman–Crippen MR) is 59.8 cm³/mol. The Morgan fingerprint density at radius 1 is 1.25 bits per heavy atom. The molecular formula is C10H22N2O4. The molecule has 0 atom stereocenters. The van der Waals surface area contributed by atoms with Gasteiger partial charge in [0.05, 0.1) is 26.4 Å². The third kappa shape index (κ3) is 8.46. The molecule has 0 aromatic rings. The average molecular weight is 234 g/mol. The maximum atomic E-state index is 11.4. The fraction of sp³-hybridized carbons (Fsp3) is 0.900. The average Bonchev–Trinajstić information content (AvgIpc) is 2.14. The normalized spacial score (nSPS) is 11.3. The second-order valence-corrected chi connectivity index (χ2v) is 4.28. The molecule has 16 heavy (non-hydrogen) atoms. The Kier molecular flexibility index (Phi) is 7.03. The highest BCUT2D eigenvalue weighted by Crippen LogP contribution is 2.08. The topological polar surface area (TPSA) is 74.0 Å². The first kappa shape index (κ1) is 15.2. The van der Waals surface area contributed by atoms with E-state index in [-0.39, 0.29) is 0 Å². The van der Waals surface area contributed by atoms with E-state index in [1.54, 1.807) is 27.9 Å². The Labute approximate surface area is 96.6 Å². The standard InChI is InChI=1S/C10H22N2O4/c1-10(2,3)16-9(13)12(11)5-6-15-8-7-14-4/h5-8,11H2,1-4H3. The molecule has 0 heterocycles. The summed E-state index contributed by atoms with van der Waals surface area (Å²) >= 11 is 0. The van der Waals surface area contributed by atoms with Gasteiger partial charge in [-0.05, 0) is 20.8 Å². The van der Waals surface area contributed by atoms with Gasteiger partial charge in [0.15, 0.2) is 0 Å². The Hall–Kier alpha value is -0.850. The van der Waals surface area contributed by atoms with Crippen LogP contribution in [0.4, 0.5) is 4.79 Å². The van der Waals surface area contributed by atoms with E-state index in [0.717, 1.165) is 5.01 Å². The van der Waals surface area contributed by atoms with Crippen LogP contribution in [-0.4, -0.2) is 50.2 Å². The van der Waals surface area contributed by atoms with Crippen molar-refractivity contribution >= 4 is 6.09 Å². The van der Waals surface area contributed by atoms with E-state index in [0.29, 0.717) is 26.4 Å². The molecular weight excluding hydrogens is 212 g/mol. The molecule has 0 rings (SSSR count). The molecule has 0 spiro atoms. The van der Waals surface area contributed by atoms with E-state index in [1.807, 2.05) is 0 Å². The number of amides is 1. The molecule has 0 fully saturated rings. The van der Waals surface area contributed by atoms with Gasteiger partial charge in [0, 0.05) is 7.11 Å². The molecule has 0 aliphatic carbocycles. The maximum Gasteiger partial charge on any atom is 0.424 e. The molecule has 0 bridgehead atoms. The molecule has 0 radical (unpaired) electrons. The molecule has 0 saturated heterocycles. The van der Waals surface area contributed by atoms with E-state index in [1.165, 1.54) is 0 Å². The number of ether oxygens (including phenoxy) is 3. The van der Waals surface area contributed by atoms with Crippen molar-refractivity contribution in [3.8, 4) is 0 Å². The number of methoxy groups -OCH3 is 1. The first-order chi connectivity index (χ1) is 7.37. The minimum Gasteiger partial charge on any atom is -0.443 e. The Morgan fingerprint density at radius 2 is 1.88 bits per heavy atom. The summed E-state index contributed by atoms with van der Waals surface area (Å²) in [5.74, 6) is 5.49. The van der Waals surface area contributed by atoms with E-state index < -0.39 is 11.7 Å². The summed E-state index contributed by atoms with van der Waals surface area (Å²) in [6.45, 7) is 7.02. The highest BCUT2D eigenvalue weighted by atomic mass is 16.6. The molecule has 0 aromatic heterocycles. The molecule has 6 nitrogen and oxygen atoms in total. The quantitative estimate of drug-likeness (QED) is 0.318. The monoisotopic (exact) mass is 234 g/mol. The first-order valence-corrected chi connectivity index (χ1v) is 5.18. The lowest BCUT2D eigenvalue weighted by Gasteiger charge is -2.24. The largest absolute Gasteiger partial charge is 0.443 e. The molecule has 0 unspecified atom stereocenters. The number of nitrogens with zero attached hydrogens (tertiary/aromatic N) is 1. The Balaban J connectivity index is 3.64. The minimum atomic E-state index is -0.553. The smallest absolute Gasteiger partial charge is 0.424 e. The van der Waals surface area contributed by atoms with E-state index in [2.05, 4.69) is 0 Å². The molecule has 96 valence electrons. The number of hydrogen-bond donors (Lipinski definition) is 1. The van der Waals surface area contributed by atoms with Crippen LogP contribution in [0.5, 0.6) is 0 Å². The maximum absolute atomic E-state index is 11.4. The van der Waals surface area contributed by atoms with Gasteiger partial charge in [-0.1, -0.05) is 0 Å². The molecule has 0 aliphatic rings. The predicted octanol–water partition coefficient (Wildman–Crippen LogP) is 0.760. The minimum absolute atomic E-state index is 0.290. The van der Waals surface area contributed by atoms with Crippen molar-refractivity contribution in [2.45, 2.75) is 26.4 Å². The van der Waals surface area contributed by atoms with Crippen LogP contribution in [0.3, 0.4) is 0 Å². The SMILES string of the molecule is COCCOCCN(N)C(=O)OC(C)(C)C. The number of rotatable bonds is 6. The van der Waals surface area contributed by atoms with Gasteiger partial charge in [-0.25, -0.2) is 15.6 Å². The summed E-state index contributed by atoms with van der Waals surface area (Å²) in [6.07, 6.45) is -0.553. The lowest BCUT2D eigenvalue weighted by molar-refractivity contribution is 0.0135. The zero-order chi connectivity index (χ0) is 12.6. The van der Waals surface area contributed by atoms with Crippen molar-refractivity contribution in [3.05, 3.63) is 0 Å². The van der Waals surface area contributed by atoms with Crippen molar-refractivity contribution in [1.29, 1.82) is 0 Å². The third-order valence-corrected chi connectivity index (χ3v) is 1.54. The van der Waals surface area contributed by atoms with E-state index in [4.69, 9.17) is 20.1 Å². The van der Waals surface area contributed by atoms with Gasteiger partial charge in [-0.2, -0.15) is 0 Å². The van der Waals surface area contributed by atoms with Crippen LogP contribution in [0.1, 0.15) is 20.8 Å². The van der Waals surface area contributed by atoms with Gasteiger partial charge in [0.2, 0.25) is 0 Å². The summed E-state index contributed by atoms with van der Waals surface area (Å²) in [7, 11) is 1.60. The molecule has 2 N–H and O–H groups in total. The van der Waals surface area contributed by atoms with Crippen molar-refractivity contribution < 1.29 is 19.0 Å². The number of hydrazine groups is 1. The van der Waals surface area contributed by atoms with Crippen LogP contribution in [-0.2, 0) is 14.2 Å². The first-order valence-electron chi connectivity index (χ1n) is 5.18. The zero-order valence-electron chi connectivity index (χ0n) is 10.5. The summed E-state index contributed by atoms with van der Waals surface area (Å²) < 4.78 is 15.0. The van der Waals surface area contributed by atoms with Crippen molar-refractivity contribution in [3.63, 3.8) is 0 Å². The van der Waals surface area contributed by atoms with E-state index in [9.17, 15) is 4.79 Å². The van der Waals surface area contributed by atoms with Crippen LogP contribution in [0.25, 0.3) is 0 Å². The fourth-order valence-electron chi connectivity index (χ4n) is 0.819. The fourth-order valence-corrected chi connectivity index (χ4v) is 0.819. The summed E-state index contributed by atoms with van der Waals surface area (Å²) in [4.78, 5) is 11.4. The van der Waals surface area contributed by atoms with Crippen molar-refractivity contribution in [2.24, 2.45) is 5.84 Å². The van der Waals surface area contributed by atoms with Crippen LogP contribution >= 0.6 is 0 Å². The number of hydrogen-bond acceptors (Lipinski definition) is 5. The van der Waals surface area contributed by atoms with Crippen molar-refractivity contribution in [2.75, 3.05) is 33.5 Å². The second-order valence-electron chi connectivity index (χ2n) is 4.28. The Morgan fingerprint density at radius 3 is 2.38 bits per heavy atom. The Bertz CT molecular complexity index is 203. The molecule has 0 aliphatic heterocycles. The lowest BCUT2D eigenvalue weighted by Crippen LogP contribution is -2.43. The summed E-state index contributed by atoms with van der Waals surface area (Å²) in [5.41, 5.74) is -0.536. The third-order valence-electron chi connectivity index (χ3n) is 1.54. The van der Waals surface area contributed by atoms with Gasteiger partial charge in [0.25, 0.3) is 0 Å². The van der Waals surface area contributed by atoms with E-state index >= 15 is 0 Å². The molecule has 0 saturated carbocycles. The highest BCUT2D eigenvalue weighted by molar-refractivity contribution is 5.67. The van der Waals surface area contributed by atoms with Gasteiger partial charge in [-0.15, -0.1) is 0 Å². The second kappa shape index (κ2) is 7.43. The zero-order valence-corrected chi connectivity index (χ0v) is 10.5. The molecule has 1 amide bonds. The lowest BCUT2D eigenvalue weighted by atomic mass is 10.2. The van der Waals surface area contributed by atoms with Crippen molar-refractivity contribution in [1.82, 2.24) is 5.01 Å². The van der Waals surface area contributed by atoms with Gasteiger partial charge in [-0.3, -0.25) is 0 Å². The number of nitrogens with two attached hydrogens (primary N) is 1. The van der Waals surface area contributed by atoms with Crippen LogP contribution in [0, 0.1) is 0 Å². The van der Waals surface area contributed by atoms with Gasteiger partial charge >= 0.3 is 6.09 Å². The molecule has 0 aromatic carbocycles. The van der Waals surface area contributed by atoms with Crippen LogP contribution in [0.2, 0.25) is 0 Å². The summed E-state index contributed by atoms with van der Waals surface area (Å²) in [5, 5.41) is 0.998. The van der Waals surface area contributed by atoms with Crippen LogP contribution in [0.15, 0.2) is 0 Å². The number of carbonyl (C=O) groups is 1. The van der Waals surface area contributed by atoms with Gasteiger partial charge in [0.1, 0.15) is 5.60 Å². The molecule has 6 heteroatoms. The highest BCUT2D eigenvalue weighted by Gasteiger charge is 2.19. The summed E-state index contributed by atoms with van der Waals surface area (Å²) in [6, 6.07) is 0. The van der Waals surface area contributed by atoms with Gasteiger partial charge < -0.3 is 14.2 Å².